The average Bonchev–Trinajstić information content (AvgIpc) is 3.84. The average molecular weight is 704 g/mol. The van der Waals surface area contributed by atoms with Gasteiger partial charge in [0, 0.05) is 21.7 Å². The molecular weight excluding hydrogens is 671 g/mol. The molecule has 0 aliphatic rings. The molecule has 0 radical (unpaired) electrons. The molecule has 2 heterocycles. The van der Waals surface area contributed by atoms with Crippen LogP contribution in [-0.2, 0) is 0 Å². The van der Waals surface area contributed by atoms with E-state index in [1.807, 2.05) is 12.1 Å². The largest absolute Gasteiger partial charge is 0.456 e. The number of rotatable bonds is 6. The summed E-state index contributed by atoms with van der Waals surface area (Å²) in [6.45, 7) is 0. The number of hydrogen-bond donors (Lipinski definition) is 0. The third-order valence-electron chi connectivity index (χ3n) is 10.9. The summed E-state index contributed by atoms with van der Waals surface area (Å²) >= 11 is 0. The van der Waals surface area contributed by atoms with Gasteiger partial charge in [-0.1, -0.05) is 158 Å². The zero-order valence-corrected chi connectivity index (χ0v) is 29.8. The minimum absolute atomic E-state index is 0.826. The van der Waals surface area contributed by atoms with Crippen LogP contribution < -0.4 is 4.90 Å². The van der Waals surface area contributed by atoms with E-state index < -0.39 is 0 Å². The highest BCUT2D eigenvalue weighted by Crippen LogP contribution is 2.51. The predicted molar refractivity (Wildman–Crippen MR) is 229 cm³/mol. The molecule has 0 amide bonds. The quantitative estimate of drug-likeness (QED) is 0.173. The van der Waals surface area contributed by atoms with E-state index in [4.69, 9.17) is 8.83 Å². The second-order valence-electron chi connectivity index (χ2n) is 14.0. The molecule has 0 unspecified atom stereocenters. The number of benzene rings is 9. The molecule has 0 N–H and O–H groups in total. The zero-order valence-electron chi connectivity index (χ0n) is 29.8. The molecule has 2 aromatic heterocycles. The lowest BCUT2D eigenvalue weighted by atomic mass is 9.94. The first-order valence-corrected chi connectivity index (χ1v) is 18.7. The van der Waals surface area contributed by atoms with Gasteiger partial charge in [0.15, 0.2) is 5.58 Å². The van der Waals surface area contributed by atoms with Crippen molar-refractivity contribution in [1.82, 2.24) is 0 Å². The van der Waals surface area contributed by atoms with E-state index in [1.165, 1.54) is 10.9 Å². The van der Waals surface area contributed by atoms with Crippen LogP contribution in [0.15, 0.2) is 209 Å². The van der Waals surface area contributed by atoms with E-state index >= 15 is 0 Å². The van der Waals surface area contributed by atoms with Crippen LogP contribution in [-0.4, -0.2) is 0 Å². The number of anilines is 3. The van der Waals surface area contributed by atoms with Gasteiger partial charge in [-0.25, -0.2) is 0 Å². The van der Waals surface area contributed by atoms with Gasteiger partial charge in [-0.3, -0.25) is 0 Å². The predicted octanol–water partition coefficient (Wildman–Crippen LogP) is 15.1. The maximum absolute atomic E-state index is 6.86. The molecule has 55 heavy (non-hydrogen) atoms. The van der Waals surface area contributed by atoms with Gasteiger partial charge in [0.1, 0.15) is 16.7 Å². The fraction of sp³-hybridized carbons (Fsp3) is 0. The third kappa shape index (κ3) is 5.05. The van der Waals surface area contributed by atoms with Gasteiger partial charge in [0.2, 0.25) is 0 Å². The van der Waals surface area contributed by atoms with Gasteiger partial charge in [0.05, 0.1) is 22.4 Å². The molecule has 3 nitrogen and oxygen atoms in total. The lowest BCUT2D eigenvalue weighted by Gasteiger charge is -2.29. The van der Waals surface area contributed by atoms with Crippen LogP contribution in [0.3, 0.4) is 0 Å². The van der Waals surface area contributed by atoms with Gasteiger partial charge < -0.3 is 13.7 Å². The Labute approximate surface area is 317 Å². The van der Waals surface area contributed by atoms with Crippen molar-refractivity contribution < 1.29 is 8.83 Å². The van der Waals surface area contributed by atoms with E-state index in [9.17, 15) is 0 Å². The van der Waals surface area contributed by atoms with Crippen LogP contribution in [0.1, 0.15) is 0 Å². The first-order chi connectivity index (χ1) is 27.3. The Morgan fingerprint density at radius 2 is 0.873 bits per heavy atom. The molecule has 0 spiro atoms. The molecule has 0 aliphatic heterocycles. The molecule has 0 fully saturated rings. The molecule has 9 aromatic carbocycles. The zero-order chi connectivity index (χ0) is 36.3. The summed E-state index contributed by atoms with van der Waals surface area (Å²) in [4.78, 5) is 2.39. The summed E-state index contributed by atoms with van der Waals surface area (Å²) in [6, 6.07) is 70.8. The second-order valence-corrected chi connectivity index (χ2v) is 14.0. The van der Waals surface area contributed by atoms with Crippen LogP contribution in [0.4, 0.5) is 17.1 Å². The number of para-hydroxylation sites is 2. The van der Waals surface area contributed by atoms with Gasteiger partial charge >= 0.3 is 0 Å². The summed E-state index contributed by atoms with van der Waals surface area (Å²) in [5, 5.41) is 6.63. The molecule has 11 rings (SSSR count). The van der Waals surface area contributed by atoms with Crippen molar-refractivity contribution in [2.75, 3.05) is 4.90 Å². The smallest absolute Gasteiger partial charge is 0.159 e. The van der Waals surface area contributed by atoms with E-state index in [0.29, 0.717) is 0 Å². The van der Waals surface area contributed by atoms with Crippen LogP contribution in [0.5, 0.6) is 0 Å². The number of fused-ring (bicyclic) bond motifs is 8. The van der Waals surface area contributed by atoms with Crippen LogP contribution in [0.2, 0.25) is 0 Å². The fourth-order valence-electron chi connectivity index (χ4n) is 8.39. The van der Waals surface area contributed by atoms with Crippen LogP contribution in [0, 0.1) is 0 Å². The lowest BCUT2D eigenvalue weighted by molar-refractivity contribution is 0.668. The highest BCUT2D eigenvalue weighted by molar-refractivity contribution is 6.26. The molecule has 0 bridgehead atoms. The lowest BCUT2D eigenvalue weighted by Crippen LogP contribution is -2.12. The van der Waals surface area contributed by atoms with Crippen molar-refractivity contribution in [3.8, 4) is 33.4 Å². The van der Waals surface area contributed by atoms with Crippen molar-refractivity contribution in [2.45, 2.75) is 0 Å². The molecule has 0 saturated heterocycles. The molecule has 11 aromatic rings. The highest BCUT2D eigenvalue weighted by Gasteiger charge is 2.26. The van der Waals surface area contributed by atoms with E-state index in [-0.39, 0.29) is 0 Å². The van der Waals surface area contributed by atoms with Crippen LogP contribution in [0.25, 0.3) is 88.0 Å². The van der Waals surface area contributed by atoms with E-state index in [1.54, 1.807) is 0 Å². The molecule has 3 heteroatoms. The van der Waals surface area contributed by atoms with Gasteiger partial charge in [-0.15, -0.1) is 0 Å². The summed E-state index contributed by atoms with van der Waals surface area (Å²) in [5.74, 6) is 0. The summed E-state index contributed by atoms with van der Waals surface area (Å²) in [5.41, 5.74) is 13.2. The van der Waals surface area contributed by atoms with Crippen molar-refractivity contribution in [3.63, 3.8) is 0 Å². The fourth-order valence-corrected chi connectivity index (χ4v) is 8.39. The Bertz CT molecular complexity index is 3200. The second kappa shape index (κ2) is 12.6. The van der Waals surface area contributed by atoms with Gasteiger partial charge in [-0.05, 0) is 81.1 Å². The Kier molecular flexibility index (Phi) is 7.17. The molecule has 0 saturated carbocycles. The highest BCUT2D eigenvalue weighted by atomic mass is 16.3. The van der Waals surface area contributed by atoms with Gasteiger partial charge in [-0.2, -0.15) is 0 Å². The van der Waals surface area contributed by atoms with Crippen molar-refractivity contribution in [1.29, 1.82) is 0 Å². The molecule has 258 valence electrons. The van der Waals surface area contributed by atoms with E-state index in [0.717, 1.165) is 94.1 Å². The van der Waals surface area contributed by atoms with Crippen molar-refractivity contribution >= 4 is 71.7 Å². The normalized spacial score (nSPS) is 11.6. The van der Waals surface area contributed by atoms with Crippen molar-refractivity contribution in [3.05, 3.63) is 200 Å². The number of furan rings is 2. The monoisotopic (exact) mass is 703 g/mol. The Balaban J connectivity index is 1.27. The minimum atomic E-state index is 0.826. The topological polar surface area (TPSA) is 29.5 Å². The maximum atomic E-state index is 6.86. The molecule has 0 atom stereocenters. The van der Waals surface area contributed by atoms with E-state index in [2.05, 4.69) is 193 Å². The summed E-state index contributed by atoms with van der Waals surface area (Å²) in [7, 11) is 0. The summed E-state index contributed by atoms with van der Waals surface area (Å²) < 4.78 is 13.7. The number of nitrogens with zero attached hydrogens (tertiary/aromatic N) is 1. The SMILES string of the molecule is c1ccc(-c2ccc(N(c3cccc4c3oc3ccccc34)c3cccc4oc5cc(-c6ccccc6)c6ccccc6c5c34)c(-c3ccccc3)c2)cc1. The van der Waals surface area contributed by atoms with Crippen molar-refractivity contribution in [2.24, 2.45) is 0 Å². The third-order valence-corrected chi connectivity index (χ3v) is 10.9. The standard InChI is InChI=1S/C52H33NO2/c1-4-16-34(17-5-1)37-30-31-44(43(32-37)36-20-8-3-9-21-36)53(46-27-14-25-41-39-23-12-13-28-47(39)55-52(41)46)45-26-15-29-48-51(45)50-40-24-11-10-22-38(40)42(33-49(50)54-48)35-18-6-2-7-19-35/h1-33H. The first-order valence-electron chi connectivity index (χ1n) is 18.7. The first kappa shape index (κ1) is 31.2. The Hall–Kier alpha value is -7.36. The Morgan fingerprint density at radius 1 is 0.291 bits per heavy atom. The summed E-state index contributed by atoms with van der Waals surface area (Å²) in [6.07, 6.45) is 0. The number of hydrogen-bond acceptors (Lipinski definition) is 3. The Morgan fingerprint density at radius 3 is 1.64 bits per heavy atom. The minimum Gasteiger partial charge on any atom is -0.456 e. The van der Waals surface area contributed by atoms with Gasteiger partial charge in [0.25, 0.3) is 0 Å². The molecule has 0 aliphatic carbocycles. The van der Waals surface area contributed by atoms with Crippen LogP contribution >= 0.6 is 0 Å². The molecular formula is C52H33NO2. The maximum Gasteiger partial charge on any atom is 0.159 e.